The Hall–Kier alpha value is -2.34. The second-order valence-corrected chi connectivity index (χ2v) is 5.34. The van der Waals surface area contributed by atoms with Crippen molar-refractivity contribution in [3.8, 4) is 5.75 Å². The van der Waals surface area contributed by atoms with Gasteiger partial charge in [0.15, 0.2) is 0 Å². The average molecular weight is 314 g/mol. The van der Waals surface area contributed by atoms with E-state index in [4.69, 9.17) is 9.47 Å². The molecule has 1 aromatic heterocycles. The van der Waals surface area contributed by atoms with Crippen molar-refractivity contribution in [2.75, 3.05) is 43.1 Å². The fourth-order valence-corrected chi connectivity index (χ4v) is 2.52. The van der Waals surface area contributed by atoms with E-state index in [0.717, 1.165) is 55.2 Å². The van der Waals surface area contributed by atoms with Crippen LogP contribution in [0.25, 0.3) is 0 Å². The highest BCUT2D eigenvalue weighted by Gasteiger charge is 2.14. The van der Waals surface area contributed by atoms with Crippen molar-refractivity contribution >= 4 is 17.3 Å². The second-order valence-electron chi connectivity index (χ2n) is 5.34. The van der Waals surface area contributed by atoms with Gasteiger partial charge in [0.05, 0.1) is 19.8 Å². The van der Waals surface area contributed by atoms with Crippen molar-refractivity contribution in [3.05, 3.63) is 36.2 Å². The number of aryl methyl sites for hydroxylation is 1. The van der Waals surface area contributed by atoms with E-state index in [0.29, 0.717) is 6.61 Å². The predicted molar refractivity (Wildman–Crippen MR) is 90.7 cm³/mol. The van der Waals surface area contributed by atoms with E-state index in [-0.39, 0.29) is 0 Å². The summed E-state index contributed by atoms with van der Waals surface area (Å²) >= 11 is 0. The Morgan fingerprint density at radius 2 is 1.91 bits per heavy atom. The van der Waals surface area contributed by atoms with Gasteiger partial charge in [-0.1, -0.05) is 0 Å². The molecule has 0 saturated carbocycles. The zero-order valence-electron chi connectivity index (χ0n) is 13.6. The summed E-state index contributed by atoms with van der Waals surface area (Å²) in [6, 6.07) is 9.84. The molecule has 0 aliphatic carbocycles. The molecular weight excluding hydrogens is 292 g/mol. The van der Waals surface area contributed by atoms with Gasteiger partial charge in [-0.05, 0) is 38.1 Å². The highest BCUT2D eigenvalue weighted by Crippen LogP contribution is 2.22. The Kier molecular flexibility index (Phi) is 4.92. The quantitative estimate of drug-likeness (QED) is 0.916. The maximum Gasteiger partial charge on any atom is 0.136 e. The first-order valence-electron chi connectivity index (χ1n) is 7.93. The molecule has 1 aliphatic heterocycles. The van der Waals surface area contributed by atoms with Gasteiger partial charge in [-0.3, -0.25) is 0 Å². The predicted octanol–water partition coefficient (Wildman–Crippen LogP) is 2.76. The molecule has 0 unspecified atom stereocenters. The zero-order chi connectivity index (χ0) is 16.1. The molecule has 3 rings (SSSR count). The Morgan fingerprint density at radius 1 is 1.17 bits per heavy atom. The van der Waals surface area contributed by atoms with E-state index >= 15 is 0 Å². The number of nitrogens with zero attached hydrogens (tertiary/aromatic N) is 3. The van der Waals surface area contributed by atoms with E-state index in [9.17, 15) is 0 Å². The first-order chi connectivity index (χ1) is 11.2. The van der Waals surface area contributed by atoms with Crippen LogP contribution in [0.3, 0.4) is 0 Å². The number of morpholine rings is 1. The number of rotatable bonds is 5. The zero-order valence-corrected chi connectivity index (χ0v) is 13.6. The summed E-state index contributed by atoms with van der Waals surface area (Å²) in [6.45, 7) is 7.75. The van der Waals surface area contributed by atoms with Crippen molar-refractivity contribution in [3.63, 3.8) is 0 Å². The summed E-state index contributed by atoms with van der Waals surface area (Å²) in [6.07, 6.45) is 0. The standard InChI is InChI=1S/C17H22N4O2/c1-3-23-15-6-4-14(5-7-15)20-16-12-17(19-13(2)18-16)21-8-10-22-11-9-21/h4-7,12H,3,8-11H2,1-2H3,(H,18,19,20). The molecule has 6 heteroatoms. The number of hydrogen-bond donors (Lipinski definition) is 1. The smallest absolute Gasteiger partial charge is 0.136 e. The first-order valence-corrected chi connectivity index (χ1v) is 7.93. The van der Waals surface area contributed by atoms with E-state index in [1.54, 1.807) is 0 Å². The van der Waals surface area contributed by atoms with Crippen LogP contribution in [-0.2, 0) is 4.74 Å². The molecule has 1 aromatic carbocycles. The minimum Gasteiger partial charge on any atom is -0.494 e. The molecule has 0 spiro atoms. The van der Waals surface area contributed by atoms with E-state index in [1.807, 2.05) is 44.2 Å². The second kappa shape index (κ2) is 7.28. The fourth-order valence-electron chi connectivity index (χ4n) is 2.52. The van der Waals surface area contributed by atoms with Gasteiger partial charge in [0.2, 0.25) is 0 Å². The monoisotopic (exact) mass is 314 g/mol. The third-order valence-corrected chi connectivity index (χ3v) is 3.60. The minimum absolute atomic E-state index is 0.667. The highest BCUT2D eigenvalue weighted by molar-refractivity contribution is 5.60. The van der Waals surface area contributed by atoms with E-state index < -0.39 is 0 Å². The van der Waals surface area contributed by atoms with Crippen LogP contribution in [0.1, 0.15) is 12.7 Å². The summed E-state index contributed by atoms with van der Waals surface area (Å²) < 4.78 is 10.9. The summed E-state index contributed by atoms with van der Waals surface area (Å²) in [5.41, 5.74) is 0.972. The maximum atomic E-state index is 5.46. The molecule has 0 radical (unpaired) electrons. The lowest BCUT2D eigenvalue weighted by Gasteiger charge is -2.28. The van der Waals surface area contributed by atoms with Gasteiger partial charge in [0.1, 0.15) is 23.2 Å². The molecular formula is C17H22N4O2. The van der Waals surface area contributed by atoms with Gasteiger partial charge in [-0.15, -0.1) is 0 Å². The number of hydrogen-bond acceptors (Lipinski definition) is 6. The van der Waals surface area contributed by atoms with E-state index in [1.165, 1.54) is 0 Å². The Labute approximate surface area is 136 Å². The summed E-state index contributed by atoms with van der Waals surface area (Å²) in [7, 11) is 0. The number of benzene rings is 1. The molecule has 0 bridgehead atoms. The lowest BCUT2D eigenvalue weighted by molar-refractivity contribution is 0.122. The van der Waals surface area contributed by atoms with Crippen LogP contribution in [-0.4, -0.2) is 42.9 Å². The van der Waals surface area contributed by atoms with Crippen LogP contribution < -0.4 is 15.0 Å². The van der Waals surface area contributed by atoms with Gasteiger partial charge >= 0.3 is 0 Å². The minimum atomic E-state index is 0.667. The van der Waals surface area contributed by atoms with Crippen molar-refractivity contribution in [2.45, 2.75) is 13.8 Å². The van der Waals surface area contributed by atoms with Gasteiger partial charge in [-0.2, -0.15) is 0 Å². The van der Waals surface area contributed by atoms with Gasteiger partial charge < -0.3 is 19.7 Å². The molecule has 1 fully saturated rings. The molecule has 0 amide bonds. The highest BCUT2D eigenvalue weighted by atomic mass is 16.5. The fraction of sp³-hybridized carbons (Fsp3) is 0.412. The summed E-state index contributed by atoms with van der Waals surface area (Å²) in [5.74, 6) is 3.35. The normalized spacial score (nSPS) is 14.6. The van der Waals surface area contributed by atoms with E-state index in [2.05, 4.69) is 20.2 Å². The molecule has 0 atom stereocenters. The molecule has 2 aromatic rings. The number of ether oxygens (including phenoxy) is 2. The third-order valence-electron chi connectivity index (χ3n) is 3.60. The van der Waals surface area contributed by atoms with Crippen LogP contribution in [0.2, 0.25) is 0 Å². The largest absolute Gasteiger partial charge is 0.494 e. The molecule has 23 heavy (non-hydrogen) atoms. The number of nitrogens with one attached hydrogen (secondary N) is 1. The number of anilines is 3. The van der Waals surface area contributed by atoms with Gasteiger partial charge in [-0.25, -0.2) is 9.97 Å². The van der Waals surface area contributed by atoms with Crippen LogP contribution >= 0.6 is 0 Å². The maximum absolute atomic E-state index is 5.46. The summed E-state index contributed by atoms with van der Waals surface area (Å²) in [4.78, 5) is 11.2. The Morgan fingerprint density at radius 3 is 2.61 bits per heavy atom. The Bertz CT molecular complexity index is 640. The molecule has 2 heterocycles. The molecule has 1 aliphatic rings. The number of aromatic nitrogens is 2. The van der Waals surface area contributed by atoms with Gasteiger partial charge in [0.25, 0.3) is 0 Å². The Balaban J connectivity index is 1.75. The van der Waals surface area contributed by atoms with Crippen LogP contribution in [0.4, 0.5) is 17.3 Å². The van der Waals surface area contributed by atoms with Crippen molar-refractivity contribution in [1.82, 2.24) is 9.97 Å². The van der Waals surface area contributed by atoms with Crippen molar-refractivity contribution in [1.29, 1.82) is 0 Å². The van der Waals surface area contributed by atoms with Gasteiger partial charge in [0, 0.05) is 24.8 Å². The average Bonchev–Trinajstić information content (AvgIpc) is 2.57. The molecule has 1 saturated heterocycles. The molecule has 1 N–H and O–H groups in total. The summed E-state index contributed by atoms with van der Waals surface area (Å²) in [5, 5.41) is 3.33. The van der Waals surface area contributed by atoms with Crippen LogP contribution in [0.5, 0.6) is 5.75 Å². The third kappa shape index (κ3) is 4.10. The van der Waals surface area contributed by atoms with Crippen molar-refractivity contribution < 1.29 is 9.47 Å². The lowest BCUT2D eigenvalue weighted by atomic mass is 10.3. The lowest BCUT2D eigenvalue weighted by Crippen LogP contribution is -2.36. The first kappa shape index (κ1) is 15.6. The van der Waals surface area contributed by atoms with Crippen LogP contribution in [0.15, 0.2) is 30.3 Å². The topological polar surface area (TPSA) is 59.5 Å². The molecule has 122 valence electrons. The SMILES string of the molecule is CCOc1ccc(Nc2cc(N3CCOCC3)nc(C)n2)cc1. The van der Waals surface area contributed by atoms with Crippen molar-refractivity contribution in [2.24, 2.45) is 0 Å². The van der Waals surface area contributed by atoms with Crippen LogP contribution in [0, 0.1) is 6.92 Å². The molecule has 6 nitrogen and oxygen atoms in total.